The van der Waals surface area contributed by atoms with Gasteiger partial charge in [-0.1, -0.05) is 12.1 Å². The summed E-state index contributed by atoms with van der Waals surface area (Å²) in [4.78, 5) is 11.3. The molecule has 17 heavy (non-hydrogen) atoms. The van der Waals surface area contributed by atoms with Crippen LogP contribution in [0.15, 0.2) is 18.2 Å². The van der Waals surface area contributed by atoms with Crippen LogP contribution in [-0.4, -0.2) is 26.7 Å². The van der Waals surface area contributed by atoms with Gasteiger partial charge in [-0.3, -0.25) is 4.79 Å². The minimum Gasteiger partial charge on any atom is -0.493 e. The largest absolute Gasteiger partial charge is 0.493 e. The molecular weight excluding hydrogens is 220 g/mol. The lowest BCUT2D eigenvalue weighted by molar-refractivity contribution is -0.121. The SMILES string of the molecule is COc1cccc(CNC(=O)CCN)c1OC. The molecule has 0 spiro atoms. The lowest BCUT2D eigenvalue weighted by Crippen LogP contribution is -2.25. The first-order valence-corrected chi connectivity index (χ1v) is 5.39. The molecule has 3 N–H and O–H groups in total. The van der Waals surface area contributed by atoms with E-state index in [0.717, 1.165) is 5.56 Å². The van der Waals surface area contributed by atoms with Crippen LogP contribution in [0.3, 0.4) is 0 Å². The van der Waals surface area contributed by atoms with Gasteiger partial charge in [0.05, 0.1) is 14.2 Å². The van der Waals surface area contributed by atoms with Crippen molar-refractivity contribution in [3.8, 4) is 11.5 Å². The first-order valence-electron chi connectivity index (χ1n) is 5.39. The molecule has 0 saturated heterocycles. The molecule has 1 aromatic carbocycles. The highest BCUT2D eigenvalue weighted by atomic mass is 16.5. The molecule has 1 aromatic rings. The van der Waals surface area contributed by atoms with Crippen molar-refractivity contribution < 1.29 is 14.3 Å². The average molecular weight is 238 g/mol. The number of methoxy groups -OCH3 is 2. The van der Waals surface area contributed by atoms with Crippen molar-refractivity contribution in [1.29, 1.82) is 0 Å². The summed E-state index contributed by atoms with van der Waals surface area (Å²) in [6.07, 6.45) is 0.326. The van der Waals surface area contributed by atoms with E-state index in [9.17, 15) is 4.79 Å². The molecule has 0 aliphatic rings. The van der Waals surface area contributed by atoms with Crippen molar-refractivity contribution in [2.45, 2.75) is 13.0 Å². The van der Waals surface area contributed by atoms with Crippen LogP contribution < -0.4 is 20.5 Å². The molecule has 1 rings (SSSR count). The van der Waals surface area contributed by atoms with Crippen LogP contribution in [0.4, 0.5) is 0 Å². The van der Waals surface area contributed by atoms with Gasteiger partial charge in [0.2, 0.25) is 5.91 Å². The summed E-state index contributed by atoms with van der Waals surface area (Å²) >= 11 is 0. The predicted molar refractivity (Wildman–Crippen MR) is 65.1 cm³/mol. The molecule has 0 saturated carbocycles. The summed E-state index contributed by atoms with van der Waals surface area (Å²) in [7, 11) is 3.15. The second kappa shape index (κ2) is 6.75. The first-order chi connectivity index (χ1) is 8.22. The van der Waals surface area contributed by atoms with Gasteiger partial charge in [0, 0.05) is 25.1 Å². The molecule has 0 radical (unpaired) electrons. The van der Waals surface area contributed by atoms with Crippen molar-refractivity contribution in [3.63, 3.8) is 0 Å². The maximum Gasteiger partial charge on any atom is 0.221 e. The van der Waals surface area contributed by atoms with Gasteiger partial charge >= 0.3 is 0 Å². The maximum atomic E-state index is 11.3. The lowest BCUT2D eigenvalue weighted by atomic mass is 10.2. The number of benzene rings is 1. The van der Waals surface area contributed by atoms with Crippen LogP contribution in [0, 0.1) is 0 Å². The second-order valence-electron chi connectivity index (χ2n) is 3.47. The predicted octanol–water partition coefficient (Wildman–Crippen LogP) is 0.669. The Hall–Kier alpha value is -1.75. The molecule has 0 bridgehead atoms. The van der Waals surface area contributed by atoms with Crippen molar-refractivity contribution >= 4 is 5.91 Å². The van der Waals surface area contributed by atoms with Crippen LogP contribution in [0.25, 0.3) is 0 Å². The van der Waals surface area contributed by atoms with E-state index in [4.69, 9.17) is 15.2 Å². The third-order valence-corrected chi connectivity index (χ3v) is 2.33. The Kier molecular flexibility index (Phi) is 5.29. The number of para-hydroxylation sites is 1. The number of rotatable bonds is 6. The summed E-state index contributed by atoms with van der Waals surface area (Å²) in [6.45, 7) is 0.750. The Bertz CT molecular complexity index is 380. The third kappa shape index (κ3) is 3.64. The number of carbonyl (C=O) groups is 1. The zero-order chi connectivity index (χ0) is 12.7. The van der Waals surface area contributed by atoms with Gasteiger partial charge in [0.15, 0.2) is 11.5 Å². The molecule has 0 unspecified atom stereocenters. The van der Waals surface area contributed by atoms with E-state index >= 15 is 0 Å². The fraction of sp³-hybridized carbons (Fsp3) is 0.417. The fourth-order valence-corrected chi connectivity index (χ4v) is 1.51. The molecule has 0 atom stereocenters. The Balaban J connectivity index is 2.73. The number of carbonyl (C=O) groups excluding carboxylic acids is 1. The van der Waals surface area contributed by atoms with Crippen molar-refractivity contribution in [2.24, 2.45) is 5.73 Å². The van der Waals surface area contributed by atoms with E-state index in [1.807, 2.05) is 18.2 Å². The Morgan fingerprint density at radius 3 is 2.71 bits per heavy atom. The van der Waals surface area contributed by atoms with Gasteiger partial charge in [0.25, 0.3) is 0 Å². The lowest BCUT2D eigenvalue weighted by Gasteiger charge is -2.12. The standard InChI is InChI=1S/C12H18N2O3/c1-16-10-5-3-4-9(12(10)17-2)8-14-11(15)6-7-13/h3-5H,6-8,13H2,1-2H3,(H,14,15). The highest BCUT2D eigenvalue weighted by Crippen LogP contribution is 2.30. The topological polar surface area (TPSA) is 73.6 Å². The number of nitrogens with two attached hydrogens (primary N) is 1. The van der Waals surface area contributed by atoms with Crippen LogP contribution in [0.2, 0.25) is 0 Å². The zero-order valence-corrected chi connectivity index (χ0v) is 10.2. The first kappa shape index (κ1) is 13.3. The molecule has 0 fully saturated rings. The van der Waals surface area contributed by atoms with Crippen LogP contribution in [-0.2, 0) is 11.3 Å². The number of nitrogens with one attached hydrogen (secondary N) is 1. The molecule has 0 aliphatic heterocycles. The van der Waals surface area contributed by atoms with Crippen molar-refractivity contribution in [1.82, 2.24) is 5.32 Å². The highest BCUT2D eigenvalue weighted by molar-refractivity contribution is 5.76. The molecule has 0 aromatic heterocycles. The van der Waals surface area contributed by atoms with E-state index in [-0.39, 0.29) is 5.91 Å². The molecule has 5 heteroatoms. The Labute approximate surface area is 101 Å². The normalized spacial score (nSPS) is 9.82. The minimum atomic E-state index is -0.0719. The number of hydrogen-bond acceptors (Lipinski definition) is 4. The number of ether oxygens (including phenoxy) is 2. The van der Waals surface area contributed by atoms with Crippen LogP contribution >= 0.6 is 0 Å². The second-order valence-corrected chi connectivity index (χ2v) is 3.47. The van der Waals surface area contributed by atoms with Crippen LogP contribution in [0.1, 0.15) is 12.0 Å². The molecule has 5 nitrogen and oxygen atoms in total. The summed E-state index contributed by atoms with van der Waals surface area (Å²) in [5.41, 5.74) is 6.17. The van der Waals surface area contributed by atoms with Crippen molar-refractivity contribution in [3.05, 3.63) is 23.8 Å². The van der Waals surface area contributed by atoms with E-state index in [0.29, 0.717) is 31.0 Å². The van der Waals surface area contributed by atoms with Gasteiger partial charge in [-0.05, 0) is 6.07 Å². The van der Waals surface area contributed by atoms with Gasteiger partial charge < -0.3 is 20.5 Å². The quantitative estimate of drug-likeness (QED) is 0.764. The van der Waals surface area contributed by atoms with Crippen LogP contribution in [0.5, 0.6) is 11.5 Å². The Morgan fingerprint density at radius 2 is 2.12 bits per heavy atom. The zero-order valence-electron chi connectivity index (χ0n) is 10.2. The third-order valence-electron chi connectivity index (χ3n) is 2.33. The van der Waals surface area contributed by atoms with Gasteiger partial charge in [-0.2, -0.15) is 0 Å². The molecule has 94 valence electrons. The molecular formula is C12H18N2O3. The van der Waals surface area contributed by atoms with E-state index in [1.165, 1.54) is 0 Å². The molecule has 0 heterocycles. The van der Waals surface area contributed by atoms with E-state index in [2.05, 4.69) is 5.32 Å². The minimum absolute atomic E-state index is 0.0719. The van der Waals surface area contributed by atoms with E-state index < -0.39 is 0 Å². The van der Waals surface area contributed by atoms with Gasteiger partial charge in [-0.25, -0.2) is 0 Å². The van der Waals surface area contributed by atoms with Gasteiger partial charge in [-0.15, -0.1) is 0 Å². The number of amides is 1. The summed E-state index contributed by atoms with van der Waals surface area (Å²) in [5.74, 6) is 1.22. The average Bonchev–Trinajstić information content (AvgIpc) is 2.36. The van der Waals surface area contributed by atoms with Crippen molar-refractivity contribution in [2.75, 3.05) is 20.8 Å². The highest BCUT2D eigenvalue weighted by Gasteiger charge is 2.09. The fourth-order valence-electron chi connectivity index (χ4n) is 1.51. The summed E-state index contributed by atoms with van der Waals surface area (Å²) < 4.78 is 10.4. The number of hydrogen-bond donors (Lipinski definition) is 2. The molecule has 1 amide bonds. The van der Waals surface area contributed by atoms with E-state index in [1.54, 1.807) is 14.2 Å². The molecule has 0 aliphatic carbocycles. The monoisotopic (exact) mass is 238 g/mol. The van der Waals surface area contributed by atoms with Gasteiger partial charge in [0.1, 0.15) is 0 Å². The maximum absolute atomic E-state index is 11.3. The summed E-state index contributed by atoms with van der Waals surface area (Å²) in [6, 6.07) is 5.54. The smallest absolute Gasteiger partial charge is 0.221 e. The summed E-state index contributed by atoms with van der Waals surface area (Å²) in [5, 5.41) is 2.77. The Morgan fingerprint density at radius 1 is 1.35 bits per heavy atom.